The van der Waals surface area contributed by atoms with Crippen LogP contribution in [0.1, 0.15) is 11.1 Å². The van der Waals surface area contributed by atoms with Gasteiger partial charge in [-0.25, -0.2) is 0 Å². The van der Waals surface area contributed by atoms with Crippen LogP contribution in [-0.2, 0) is 0 Å². The fourth-order valence-electron chi connectivity index (χ4n) is 1.11. The zero-order valence-corrected chi connectivity index (χ0v) is 7.72. The predicted octanol–water partition coefficient (Wildman–Crippen LogP) is 2.90. The Hall–Kier alpha value is -1.24. The van der Waals surface area contributed by atoms with Gasteiger partial charge in [0.05, 0.1) is 0 Å². The molecule has 0 radical (unpaired) electrons. The molecule has 0 aliphatic heterocycles. The summed E-state index contributed by atoms with van der Waals surface area (Å²) < 4.78 is 0. The summed E-state index contributed by atoms with van der Waals surface area (Å²) >= 11 is 0. The van der Waals surface area contributed by atoms with E-state index in [1.807, 2.05) is 6.08 Å². The van der Waals surface area contributed by atoms with Gasteiger partial charge < -0.3 is 5.32 Å². The lowest BCUT2D eigenvalue weighted by Gasteiger charge is -2.07. The van der Waals surface area contributed by atoms with Gasteiger partial charge in [-0.15, -0.1) is 6.58 Å². The Morgan fingerprint density at radius 1 is 1.42 bits per heavy atom. The summed E-state index contributed by atoms with van der Waals surface area (Å²) in [5.41, 5.74) is 3.77. The molecule has 0 saturated heterocycles. The summed E-state index contributed by atoms with van der Waals surface area (Å²) in [4.78, 5) is 0. The van der Waals surface area contributed by atoms with Crippen molar-refractivity contribution in [3.63, 3.8) is 0 Å². The van der Waals surface area contributed by atoms with Gasteiger partial charge in [0.2, 0.25) is 0 Å². The molecule has 1 heteroatoms. The molecule has 64 valence electrons. The molecule has 1 aromatic carbocycles. The molecule has 1 nitrogen and oxygen atoms in total. The van der Waals surface area contributed by atoms with Gasteiger partial charge in [0.1, 0.15) is 0 Å². The molecule has 0 amide bonds. The third-order valence-electron chi connectivity index (χ3n) is 1.83. The third-order valence-corrected chi connectivity index (χ3v) is 1.83. The molecule has 12 heavy (non-hydrogen) atoms. The summed E-state index contributed by atoms with van der Waals surface area (Å²) in [6.45, 7) is 8.69. The maximum Gasteiger partial charge on any atom is 0.0374 e. The summed E-state index contributed by atoms with van der Waals surface area (Å²) in [6.07, 6.45) is 1.86. The van der Waals surface area contributed by atoms with Crippen molar-refractivity contribution < 1.29 is 0 Å². The molecule has 0 unspecified atom stereocenters. The van der Waals surface area contributed by atoms with Crippen LogP contribution in [-0.4, -0.2) is 6.54 Å². The number of rotatable bonds is 3. The summed E-state index contributed by atoms with van der Waals surface area (Å²) in [5.74, 6) is 0. The minimum Gasteiger partial charge on any atom is -0.381 e. The molecule has 0 spiro atoms. The Kier molecular flexibility index (Phi) is 2.92. The average molecular weight is 161 g/mol. The lowest BCUT2D eigenvalue weighted by atomic mass is 10.1. The molecule has 0 saturated carbocycles. The Balaban J connectivity index is 2.82. The molecule has 0 aliphatic rings. The molecule has 1 aromatic rings. The van der Waals surface area contributed by atoms with Gasteiger partial charge in [0.15, 0.2) is 0 Å². The first-order valence-corrected chi connectivity index (χ1v) is 4.16. The molecular weight excluding hydrogens is 146 g/mol. The zero-order valence-electron chi connectivity index (χ0n) is 7.72. The van der Waals surface area contributed by atoms with Crippen molar-refractivity contribution >= 4 is 5.69 Å². The van der Waals surface area contributed by atoms with E-state index in [1.54, 1.807) is 0 Å². The van der Waals surface area contributed by atoms with E-state index in [9.17, 15) is 0 Å². The van der Waals surface area contributed by atoms with Crippen LogP contribution >= 0.6 is 0 Å². The number of aryl methyl sites for hydroxylation is 2. The smallest absolute Gasteiger partial charge is 0.0374 e. The van der Waals surface area contributed by atoms with E-state index in [0.717, 1.165) is 6.54 Å². The van der Waals surface area contributed by atoms with E-state index in [1.165, 1.54) is 16.8 Å². The van der Waals surface area contributed by atoms with E-state index < -0.39 is 0 Å². The monoisotopic (exact) mass is 161 g/mol. The van der Waals surface area contributed by atoms with Crippen molar-refractivity contribution in [2.24, 2.45) is 0 Å². The lowest BCUT2D eigenvalue weighted by Crippen LogP contribution is -1.99. The maximum absolute atomic E-state index is 3.67. The number of nitrogens with one attached hydrogen (secondary N) is 1. The molecule has 0 fully saturated rings. The Bertz CT molecular complexity index is 276. The van der Waals surface area contributed by atoms with E-state index in [-0.39, 0.29) is 0 Å². The van der Waals surface area contributed by atoms with Gasteiger partial charge in [0.25, 0.3) is 0 Å². The Morgan fingerprint density at radius 2 is 2.17 bits per heavy atom. The highest BCUT2D eigenvalue weighted by atomic mass is 14.9. The normalized spacial score (nSPS) is 9.50. The minimum absolute atomic E-state index is 0.824. The molecule has 0 aliphatic carbocycles. The second kappa shape index (κ2) is 3.96. The van der Waals surface area contributed by atoms with Crippen molar-refractivity contribution in [1.82, 2.24) is 0 Å². The van der Waals surface area contributed by atoms with Crippen molar-refractivity contribution in [1.29, 1.82) is 0 Å². The van der Waals surface area contributed by atoms with Crippen LogP contribution in [0.15, 0.2) is 30.9 Å². The fourth-order valence-corrected chi connectivity index (χ4v) is 1.11. The average Bonchev–Trinajstić information content (AvgIpc) is 2.07. The van der Waals surface area contributed by atoms with Gasteiger partial charge in [-0.2, -0.15) is 0 Å². The first kappa shape index (κ1) is 8.85. The number of hydrogen-bond donors (Lipinski definition) is 1. The first-order valence-electron chi connectivity index (χ1n) is 4.16. The predicted molar refractivity (Wildman–Crippen MR) is 54.6 cm³/mol. The Morgan fingerprint density at radius 3 is 2.83 bits per heavy atom. The minimum atomic E-state index is 0.824. The van der Waals surface area contributed by atoms with Crippen molar-refractivity contribution in [3.8, 4) is 0 Å². The molecular formula is C11H15N. The highest BCUT2D eigenvalue weighted by Crippen LogP contribution is 2.15. The SMILES string of the molecule is C=CCNc1cc(C)ccc1C. The summed E-state index contributed by atoms with van der Waals surface area (Å²) in [6, 6.07) is 6.40. The van der Waals surface area contributed by atoms with E-state index in [0.29, 0.717) is 0 Å². The fraction of sp³-hybridized carbons (Fsp3) is 0.273. The van der Waals surface area contributed by atoms with Crippen molar-refractivity contribution in [2.75, 3.05) is 11.9 Å². The topological polar surface area (TPSA) is 12.0 Å². The number of anilines is 1. The second-order valence-corrected chi connectivity index (χ2v) is 2.99. The van der Waals surface area contributed by atoms with Crippen LogP contribution in [0.25, 0.3) is 0 Å². The van der Waals surface area contributed by atoms with Gasteiger partial charge in [0, 0.05) is 12.2 Å². The molecule has 1 rings (SSSR count). The van der Waals surface area contributed by atoms with Crippen LogP contribution < -0.4 is 5.32 Å². The lowest BCUT2D eigenvalue weighted by molar-refractivity contribution is 1.29. The van der Waals surface area contributed by atoms with Gasteiger partial charge in [-0.1, -0.05) is 18.2 Å². The Labute approximate surface area is 74.1 Å². The number of hydrogen-bond acceptors (Lipinski definition) is 1. The second-order valence-electron chi connectivity index (χ2n) is 2.99. The van der Waals surface area contributed by atoms with Gasteiger partial charge >= 0.3 is 0 Å². The summed E-state index contributed by atoms with van der Waals surface area (Å²) in [5, 5.41) is 3.29. The number of benzene rings is 1. The highest BCUT2D eigenvalue weighted by Gasteiger charge is 1.95. The summed E-state index contributed by atoms with van der Waals surface area (Å²) in [7, 11) is 0. The van der Waals surface area contributed by atoms with E-state index in [2.05, 4.69) is 43.9 Å². The highest BCUT2D eigenvalue weighted by molar-refractivity contribution is 5.52. The van der Waals surface area contributed by atoms with Crippen LogP contribution in [0, 0.1) is 13.8 Å². The van der Waals surface area contributed by atoms with Crippen molar-refractivity contribution in [2.45, 2.75) is 13.8 Å². The van der Waals surface area contributed by atoms with E-state index in [4.69, 9.17) is 0 Å². The molecule has 1 N–H and O–H groups in total. The quantitative estimate of drug-likeness (QED) is 0.672. The van der Waals surface area contributed by atoms with Crippen LogP contribution in [0.5, 0.6) is 0 Å². The molecule has 0 bridgehead atoms. The van der Waals surface area contributed by atoms with Crippen LogP contribution in [0.3, 0.4) is 0 Å². The van der Waals surface area contributed by atoms with Crippen molar-refractivity contribution in [3.05, 3.63) is 42.0 Å². The van der Waals surface area contributed by atoms with Gasteiger partial charge in [-0.3, -0.25) is 0 Å². The third kappa shape index (κ3) is 2.12. The molecule has 0 atom stereocenters. The first-order chi connectivity index (χ1) is 5.74. The van der Waals surface area contributed by atoms with Gasteiger partial charge in [-0.05, 0) is 31.0 Å². The van der Waals surface area contributed by atoms with Crippen LogP contribution in [0.4, 0.5) is 5.69 Å². The molecule has 0 aromatic heterocycles. The molecule has 0 heterocycles. The van der Waals surface area contributed by atoms with E-state index >= 15 is 0 Å². The largest absolute Gasteiger partial charge is 0.381 e. The standard InChI is InChI=1S/C11H15N/c1-4-7-12-11-8-9(2)5-6-10(11)3/h4-6,8,12H,1,7H2,2-3H3. The maximum atomic E-state index is 3.67. The van der Waals surface area contributed by atoms with Crippen LogP contribution in [0.2, 0.25) is 0 Å². The zero-order chi connectivity index (χ0) is 8.97.